The first-order valence-electron chi connectivity index (χ1n) is 10.6. The molecule has 2 aromatic carbocycles. The summed E-state index contributed by atoms with van der Waals surface area (Å²) < 4.78 is 10.9. The molecule has 7 heteroatoms. The molecule has 0 bridgehead atoms. The zero-order valence-corrected chi connectivity index (χ0v) is 19.2. The molecule has 2 aromatic rings. The number of amides is 2. The number of hydrogen-bond donors (Lipinski definition) is 1. The fourth-order valence-electron chi connectivity index (χ4n) is 3.15. The smallest absolute Gasteiger partial charge is 0.261 e. The monoisotopic (exact) mass is 446 g/mol. The third-order valence-corrected chi connectivity index (χ3v) is 5.13. The van der Waals surface area contributed by atoms with Gasteiger partial charge in [0, 0.05) is 18.1 Å². The molecule has 0 aliphatic carbocycles. The van der Waals surface area contributed by atoms with Gasteiger partial charge in [-0.15, -0.1) is 0 Å². The van der Waals surface area contributed by atoms with Gasteiger partial charge in [0.05, 0.1) is 7.11 Å². The van der Waals surface area contributed by atoms with Crippen LogP contribution >= 0.6 is 11.6 Å². The molecular formula is C24H31ClN2O4. The third-order valence-electron chi connectivity index (χ3n) is 4.88. The van der Waals surface area contributed by atoms with Crippen LogP contribution in [0.1, 0.15) is 38.7 Å². The van der Waals surface area contributed by atoms with E-state index in [9.17, 15) is 9.59 Å². The van der Waals surface area contributed by atoms with E-state index in [4.69, 9.17) is 21.1 Å². The topological polar surface area (TPSA) is 67.9 Å². The Labute approximate surface area is 189 Å². The van der Waals surface area contributed by atoms with Crippen molar-refractivity contribution < 1.29 is 19.1 Å². The van der Waals surface area contributed by atoms with Crippen molar-refractivity contribution in [1.82, 2.24) is 10.2 Å². The number of ether oxygens (including phenoxy) is 2. The molecule has 0 spiro atoms. The summed E-state index contributed by atoms with van der Waals surface area (Å²) in [7, 11) is 1.60. The second kappa shape index (κ2) is 12.8. The highest BCUT2D eigenvalue weighted by molar-refractivity contribution is 6.30. The van der Waals surface area contributed by atoms with Gasteiger partial charge in [0.1, 0.15) is 17.5 Å². The fraction of sp³-hybridized carbons (Fsp3) is 0.417. The molecule has 31 heavy (non-hydrogen) atoms. The zero-order valence-electron chi connectivity index (χ0n) is 18.4. The van der Waals surface area contributed by atoms with Gasteiger partial charge in [-0.3, -0.25) is 9.59 Å². The van der Waals surface area contributed by atoms with Crippen LogP contribution in [0.15, 0.2) is 48.5 Å². The number of hydrogen-bond acceptors (Lipinski definition) is 4. The molecular weight excluding hydrogens is 416 g/mol. The maximum atomic E-state index is 13.1. The van der Waals surface area contributed by atoms with Gasteiger partial charge in [0.2, 0.25) is 5.91 Å². The van der Waals surface area contributed by atoms with Crippen molar-refractivity contribution in [1.29, 1.82) is 0 Å². The molecule has 0 aliphatic rings. The highest BCUT2D eigenvalue weighted by Gasteiger charge is 2.28. The highest BCUT2D eigenvalue weighted by atomic mass is 35.5. The summed E-state index contributed by atoms with van der Waals surface area (Å²) in [6.07, 6.45) is 2.37. The quantitative estimate of drug-likeness (QED) is 0.489. The summed E-state index contributed by atoms with van der Waals surface area (Å²) in [5.74, 6) is 0.816. The van der Waals surface area contributed by atoms with E-state index in [-0.39, 0.29) is 25.0 Å². The van der Waals surface area contributed by atoms with Gasteiger partial charge < -0.3 is 19.7 Å². The molecule has 2 rings (SSSR count). The van der Waals surface area contributed by atoms with Crippen LogP contribution in [0.5, 0.6) is 11.5 Å². The fourth-order valence-corrected chi connectivity index (χ4v) is 3.28. The summed E-state index contributed by atoms with van der Waals surface area (Å²) in [5.41, 5.74) is 0.874. The van der Waals surface area contributed by atoms with E-state index in [2.05, 4.69) is 12.2 Å². The summed E-state index contributed by atoms with van der Waals surface area (Å²) in [6, 6.07) is 13.7. The Hall–Kier alpha value is -2.73. The summed E-state index contributed by atoms with van der Waals surface area (Å²) in [4.78, 5) is 27.6. The van der Waals surface area contributed by atoms with E-state index in [0.29, 0.717) is 29.5 Å². The summed E-state index contributed by atoms with van der Waals surface area (Å²) in [5, 5.41) is 3.54. The minimum Gasteiger partial charge on any atom is -0.497 e. The number of nitrogens with one attached hydrogen (secondary N) is 1. The average molecular weight is 447 g/mol. The van der Waals surface area contributed by atoms with Crippen LogP contribution in [-0.4, -0.2) is 43.0 Å². The molecule has 0 fully saturated rings. The predicted molar refractivity (Wildman–Crippen MR) is 122 cm³/mol. The Morgan fingerprint density at radius 2 is 1.84 bits per heavy atom. The van der Waals surface area contributed by atoms with Crippen molar-refractivity contribution in [2.45, 2.75) is 45.7 Å². The molecule has 168 valence electrons. The molecule has 1 N–H and O–H groups in total. The number of methoxy groups -OCH3 is 1. The minimum atomic E-state index is -0.593. The maximum Gasteiger partial charge on any atom is 0.261 e. The lowest BCUT2D eigenvalue weighted by Crippen LogP contribution is -2.50. The van der Waals surface area contributed by atoms with Gasteiger partial charge in [-0.05, 0) is 54.8 Å². The van der Waals surface area contributed by atoms with Crippen LogP contribution in [0, 0.1) is 0 Å². The van der Waals surface area contributed by atoms with Crippen molar-refractivity contribution in [2.24, 2.45) is 0 Å². The molecule has 2 amide bonds. The molecule has 0 saturated heterocycles. The van der Waals surface area contributed by atoms with Crippen LogP contribution in [0.4, 0.5) is 0 Å². The molecule has 0 saturated carbocycles. The summed E-state index contributed by atoms with van der Waals surface area (Å²) >= 11 is 5.90. The first-order chi connectivity index (χ1) is 15.0. The van der Waals surface area contributed by atoms with Gasteiger partial charge in [0.15, 0.2) is 6.61 Å². The first-order valence-corrected chi connectivity index (χ1v) is 10.9. The largest absolute Gasteiger partial charge is 0.497 e. The van der Waals surface area contributed by atoms with Crippen molar-refractivity contribution in [3.05, 3.63) is 59.1 Å². The Kier molecular flexibility index (Phi) is 10.2. The molecule has 0 unspecified atom stereocenters. The standard InChI is InChI=1S/C24H31ClN2O4/c1-4-6-14-26-24(29)22(5-2)27(16-18-8-7-9-21(15-18)30-3)23(28)17-31-20-12-10-19(25)11-13-20/h7-13,15,22H,4-6,14,16-17H2,1-3H3,(H,26,29)/t22-/m1/s1. The lowest BCUT2D eigenvalue weighted by atomic mass is 10.1. The van der Waals surface area contributed by atoms with Gasteiger partial charge in [0.25, 0.3) is 5.91 Å². The zero-order chi connectivity index (χ0) is 22.6. The molecule has 1 atom stereocenters. The molecule has 0 heterocycles. The van der Waals surface area contributed by atoms with Crippen molar-refractivity contribution >= 4 is 23.4 Å². The Morgan fingerprint density at radius 1 is 1.10 bits per heavy atom. The van der Waals surface area contributed by atoms with Crippen LogP contribution in [0.25, 0.3) is 0 Å². The van der Waals surface area contributed by atoms with Crippen LogP contribution in [-0.2, 0) is 16.1 Å². The Balaban J connectivity index is 2.18. The predicted octanol–water partition coefficient (Wildman–Crippen LogP) is 4.45. The molecule has 0 aromatic heterocycles. The van der Waals surface area contributed by atoms with E-state index in [1.165, 1.54) is 0 Å². The highest BCUT2D eigenvalue weighted by Crippen LogP contribution is 2.19. The van der Waals surface area contributed by atoms with E-state index in [1.807, 2.05) is 31.2 Å². The summed E-state index contributed by atoms with van der Waals surface area (Å²) in [6.45, 7) is 4.66. The maximum absolute atomic E-state index is 13.1. The van der Waals surface area contributed by atoms with E-state index < -0.39 is 6.04 Å². The normalized spacial score (nSPS) is 11.5. The van der Waals surface area contributed by atoms with E-state index >= 15 is 0 Å². The minimum absolute atomic E-state index is 0.154. The first kappa shape index (κ1) is 24.5. The van der Waals surface area contributed by atoms with Crippen molar-refractivity contribution in [2.75, 3.05) is 20.3 Å². The Bertz CT molecular complexity index is 842. The van der Waals surface area contributed by atoms with E-state index in [1.54, 1.807) is 36.3 Å². The number of carbonyl (C=O) groups is 2. The third kappa shape index (κ3) is 7.79. The van der Waals surface area contributed by atoms with Crippen LogP contribution in [0.2, 0.25) is 5.02 Å². The number of rotatable bonds is 12. The second-order valence-electron chi connectivity index (χ2n) is 7.18. The number of nitrogens with zero attached hydrogens (tertiary/aromatic N) is 1. The lowest BCUT2D eigenvalue weighted by Gasteiger charge is -2.30. The number of unbranched alkanes of at least 4 members (excludes halogenated alkanes) is 1. The Morgan fingerprint density at radius 3 is 2.48 bits per heavy atom. The van der Waals surface area contributed by atoms with Gasteiger partial charge in [-0.1, -0.05) is 44.0 Å². The number of carbonyl (C=O) groups excluding carboxylic acids is 2. The van der Waals surface area contributed by atoms with Gasteiger partial charge in [-0.2, -0.15) is 0 Å². The van der Waals surface area contributed by atoms with Crippen LogP contribution in [0.3, 0.4) is 0 Å². The molecule has 6 nitrogen and oxygen atoms in total. The molecule has 0 radical (unpaired) electrons. The number of benzene rings is 2. The van der Waals surface area contributed by atoms with E-state index in [0.717, 1.165) is 18.4 Å². The number of halogens is 1. The van der Waals surface area contributed by atoms with Crippen molar-refractivity contribution in [3.63, 3.8) is 0 Å². The van der Waals surface area contributed by atoms with Gasteiger partial charge >= 0.3 is 0 Å². The van der Waals surface area contributed by atoms with Gasteiger partial charge in [-0.25, -0.2) is 0 Å². The molecule has 0 aliphatic heterocycles. The second-order valence-corrected chi connectivity index (χ2v) is 7.62. The van der Waals surface area contributed by atoms with Crippen LogP contribution < -0.4 is 14.8 Å². The van der Waals surface area contributed by atoms with Crippen molar-refractivity contribution in [3.8, 4) is 11.5 Å². The average Bonchev–Trinajstić information content (AvgIpc) is 2.78. The SMILES string of the molecule is CCCCNC(=O)[C@@H](CC)N(Cc1cccc(OC)c1)C(=O)COc1ccc(Cl)cc1. The lowest BCUT2D eigenvalue weighted by molar-refractivity contribution is -0.143.